The summed E-state index contributed by atoms with van der Waals surface area (Å²) in [5.41, 5.74) is 2.78. The Morgan fingerprint density at radius 1 is 1.38 bits per heavy atom. The highest BCUT2D eigenvalue weighted by Gasteiger charge is 2.27. The van der Waals surface area contributed by atoms with E-state index in [9.17, 15) is 18.0 Å². The Labute approximate surface area is 145 Å². The van der Waals surface area contributed by atoms with Gasteiger partial charge in [0, 0.05) is 12.1 Å². The second-order valence-corrected chi connectivity index (χ2v) is 6.63. The van der Waals surface area contributed by atoms with Crippen LogP contribution in [0.15, 0.2) is 29.8 Å². The molecule has 0 unspecified atom stereocenters. The van der Waals surface area contributed by atoms with E-state index in [1.165, 1.54) is 23.5 Å². The summed E-state index contributed by atoms with van der Waals surface area (Å²) in [5.74, 6) is -0.749. The number of alkyl halides is 3. The third-order valence-corrected chi connectivity index (χ3v) is 4.16. The molecule has 0 saturated carbocycles. The SMILES string of the molecule is CN(Cc1ccc(C(=O)NCC(F)(F)F)cc1)Cn1ncsc1=S. The zero-order valence-electron chi connectivity index (χ0n) is 12.7. The van der Waals surface area contributed by atoms with Crippen molar-refractivity contribution < 1.29 is 18.0 Å². The van der Waals surface area contributed by atoms with Gasteiger partial charge < -0.3 is 5.32 Å². The number of rotatable bonds is 6. The first-order chi connectivity index (χ1) is 11.2. The van der Waals surface area contributed by atoms with Crippen molar-refractivity contribution in [2.24, 2.45) is 0 Å². The molecule has 24 heavy (non-hydrogen) atoms. The van der Waals surface area contributed by atoms with E-state index in [0.717, 1.165) is 5.56 Å². The first-order valence-electron chi connectivity index (χ1n) is 6.87. The highest BCUT2D eigenvalue weighted by atomic mass is 32.1. The van der Waals surface area contributed by atoms with Gasteiger partial charge >= 0.3 is 6.18 Å². The van der Waals surface area contributed by atoms with Crippen molar-refractivity contribution >= 4 is 29.5 Å². The number of nitrogens with zero attached hydrogens (tertiary/aromatic N) is 3. The van der Waals surface area contributed by atoms with Gasteiger partial charge in [-0.15, -0.1) is 0 Å². The summed E-state index contributed by atoms with van der Waals surface area (Å²) in [6, 6.07) is 6.42. The van der Waals surface area contributed by atoms with Crippen molar-refractivity contribution in [1.29, 1.82) is 0 Å². The zero-order valence-corrected chi connectivity index (χ0v) is 14.3. The monoisotopic (exact) mass is 376 g/mol. The molecule has 0 aliphatic heterocycles. The van der Waals surface area contributed by atoms with Crippen molar-refractivity contribution in [2.45, 2.75) is 19.4 Å². The first-order valence-corrected chi connectivity index (χ1v) is 8.16. The number of hydrogen-bond acceptors (Lipinski definition) is 5. The van der Waals surface area contributed by atoms with Crippen LogP contribution in [0.3, 0.4) is 0 Å². The van der Waals surface area contributed by atoms with Gasteiger partial charge in [0.1, 0.15) is 12.1 Å². The third kappa shape index (κ3) is 5.69. The van der Waals surface area contributed by atoms with Gasteiger partial charge in [0.15, 0.2) is 3.95 Å². The summed E-state index contributed by atoms with van der Waals surface area (Å²) >= 11 is 6.51. The number of amides is 1. The molecule has 2 rings (SSSR count). The quantitative estimate of drug-likeness (QED) is 0.788. The van der Waals surface area contributed by atoms with E-state index < -0.39 is 18.6 Å². The number of nitrogens with one attached hydrogen (secondary N) is 1. The van der Waals surface area contributed by atoms with Gasteiger partial charge in [-0.05, 0) is 37.0 Å². The molecule has 0 saturated heterocycles. The fraction of sp³-hybridized carbons (Fsp3) is 0.357. The van der Waals surface area contributed by atoms with Crippen LogP contribution in [0.5, 0.6) is 0 Å². The number of hydrogen-bond donors (Lipinski definition) is 1. The van der Waals surface area contributed by atoms with E-state index in [2.05, 4.69) is 5.10 Å². The van der Waals surface area contributed by atoms with Crippen LogP contribution in [-0.2, 0) is 13.2 Å². The predicted octanol–water partition coefficient (Wildman–Crippen LogP) is 3.06. The fourth-order valence-electron chi connectivity index (χ4n) is 1.96. The molecule has 0 aliphatic rings. The molecular weight excluding hydrogens is 361 g/mol. The van der Waals surface area contributed by atoms with Gasteiger partial charge in [0.2, 0.25) is 0 Å². The van der Waals surface area contributed by atoms with E-state index in [4.69, 9.17) is 12.2 Å². The molecule has 0 aliphatic carbocycles. The maximum Gasteiger partial charge on any atom is 0.405 e. The second-order valence-electron chi connectivity index (χ2n) is 5.15. The highest BCUT2D eigenvalue weighted by molar-refractivity contribution is 7.73. The lowest BCUT2D eigenvalue weighted by atomic mass is 10.1. The lowest BCUT2D eigenvalue weighted by Crippen LogP contribution is -2.33. The molecule has 130 valence electrons. The van der Waals surface area contributed by atoms with Crippen LogP contribution in [0.4, 0.5) is 13.2 Å². The largest absolute Gasteiger partial charge is 0.405 e. The number of aromatic nitrogens is 2. The molecule has 0 spiro atoms. The summed E-state index contributed by atoms with van der Waals surface area (Å²) < 4.78 is 38.6. The Morgan fingerprint density at radius 3 is 2.58 bits per heavy atom. The molecule has 0 atom stereocenters. The maximum atomic E-state index is 12.1. The molecule has 10 heteroatoms. The Kier molecular flexibility index (Phi) is 6.08. The normalized spacial score (nSPS) is 11.7. The van der Waals surface area contributed by atoms with Gasteiger partial charge in [-0.2, -0.15) is 18.3 Å². The van der Waals surface area contributed by atoms with E-state index in [0.29, 0.717) is 17.2 Å². The van der Waals surface area contributed by atoms with E-state index in [-0.39, 0.29) is 5.56 Å². The number of halogens is 3. The van der Waals surface area contributed by atoms with Crippen molar-refractivity contribution in [1.82, 2.24) is 20.0 Å². The molecule has 5 nitrogen and oxygen atoms in total. The van der Waals surface area contributed by atoms with Crippen molar-refractivity contribution in [2.75, 3.05) is 13.6 Å². The van der Waals surface area contributed by atoms with Crippen LogP contribution >= 0.6 is 23.6 Å². The zero-order chi connectivity index (χ0) is 17.7. The summed E-state index contributed by atoms with van der Waals surface area (Å²) in [6.45, 7) is -0.232. The van der Waals surface area contributed by atoms with Crippen molar-refractivity contribution in [3.8, 4) is 0 Å². The van der Waals surface area contributed by atoms with Crippen LogP contribution in [-0.4, -0.2) is 40.4 Å². The molecule has 1 aromatic carbocycles. The van der Waals surface area contributed by atoms with Crippen molar-refractivity contribution in [3.05, 3.63) is 44.9 Å². The molecule has 1 amide bonds. The lowest BCUT2D eigenvalue weighted by molar-refractivity contribution is -0.123. The van der Waals surface area contributed by atoms with Gasteiger partial charge in [0.25, 0.3) is 5.91 Å². The van der Waals surface area contributed by atoms with Gasteiger partial charge in [-0.25, -0.2) is 4.68 Å². The molecule has 0 bridgehead atoms. The van der Waals surface area contributed by atoms with Crippen LogP contribution in [0.2, 0.25) is 0 Å². The molecule has 1 N–H and O–H groups in total. The molecule has 1 heterocycles. The molecule has 0 radical (unpaired) electrons. The van der Waals surface area contributed by atoms with Crippen LogP contribution in [0.1, 0.15) is 15.9 Å². The minimum Gasteiger partial charge on any atom is -0.343 e. The Morgan fingerprint density at radius 2 is 2.04 bits per heavy atom. The maximum absolute atomic E-state index is 12.1. The third-order valence-electron chi connectivity index (χ3n) is 3.04. The average Bonchev–Trinajstić information content (AvgIpc) is 2.90. The van der Waals surface area contributed by atoms with Gasteiger partial charge in [-0.3, -0.25) is 9.69 Å². The van der Waals surface area contributed by atoms with Gasteiger partial charge in [0.05, 0.1) is 6.67 Å². The molecule has 1 aromatic heterocycles. The summed E-state index contributed by atoms with van der Waals surface area (Å²) in [7, 11) is 1.89. The minimum atomic E-state index is -4.42. The Bertz CT molecular complexity index is 739. The smallest absolute Gasteiger partial charge is 0.343 e. The van der Waals surface area contributed by atoms with Crippen LogP contribution in [0, 0.1) is 3.95 Å². The van der Waals surface area contributed by atoms with Crippen molar-refractivity contribution in [3.63, 3.8) is 0 Å². The Balaban J connectivity index is 1.90. The molecule has 2 aromatic rings. The summed E-state index contributed by atoms with van der Waals surface area (Å²) in [5, 5.41) is 5.96. The lowest BCUT2D eigenvalue weighted by Gasteiger charge is -2.16. The highest BCUT2D eigenvalue weighted by Crippen LogP contribution is 2.13. The second kappa shape index (κ2) is 7.86. The van der Waals surface area contributed by atoms with Crippen LogP contribution in [0.25, 0.3) is 0 Å². The minimum absolute atomic E-state index is 0.187. The molecular formula is C14H15F3N4OS2. The van der Waals surface area contributed by atoms with E-state index >= 15 is 0 Å². The Hall–Kier alpha value is -1.78. The molecule has 0 fully saturated rings. The standard InChI is InChI=1S/C14H15F3N4OS2/c1-20(9-21-13(23)24-8-19-21)6-10-2-4-11(5-3-10)12(22)18-7-14(15,16)17/h2-5,8H,6-7,9H2,1H3,(H,18,22). The average molecular weight is 376 g/mol. The van der Waals surface area contributed by atoms with Gasteiger partial charge in [-0.1, -0.05) is 23.5 Å². The summed E-state index contributed by atoms with van der Waals surface area (Å²) in [6.07, 6.45) is -4.42. The first kappa shape index (κ1) is 18.6. The van der Waals surface area contributed by atoms with E-state index in [1.54, 1.807) is 22.3 Å². The number of carbonyl (C=O) groups excluding carboxylic acids is 1. The fourth-order valence-corrected chi connectivity index (χ4v) is 2.67. The summed E-state index contributed by atoms with van der Waals surface area (Å²) in [4.78, 5) is 13.6. The van der Waals surface area contributed by atoms with E-state index in [1.807, 2.05) is 17.3 Å². The number of benzene rings is 1. The topological polar surface area (TPSA) is 50.2 Å². The number of carbonyl (C=O) groups is 1. The predicted molar refractivity (Wildman–Crippen MR) is 87.2 cm³/mol. The van der Waals surface area contributed by atoms with Crippen LogP contribution < -0.4 is 5.32 Å².